The van der Waals surface area contributed by atoms with Crippen LogP contribution in [0.2, 0.25) is 0 Å². The Morgan fingerprint density at radius 2 is 2.12 bits per heavy atom. The highest BCUT2D eigenvalue weighted by atomic mass is 35.5. The quantitative estimate of drug-likeness (QED) is 0.685. The third kappa shape index (κ3) is 2.90. The van der Waals surface area contributed by atoms with Gasteiger partial charge in [-0.2, -0.15) is 0 Å². The van der Waals surface area contributed by atoms with E-state index in [4.69, 9.17) is 0 Å². The molecule has 0 aromatic carbocycles. The van der Waals surface area contributed by atoms with Crippen molar-refractivity contribution in [3.63, 3.8) is 0 Å². The van der Waals surface area contributed by atoms with Gasteiger partial charge in [-0.3, -0.25) is 9.59 Å². The first-order valence-corrected chi connectivity index (χ1v) is 5.90. The molecule has 2 aliphatic heterocycles. The van der Waals surface area contributed by atoms with E-state index in [1.54, 1.807) is 0 Å². The molecule has 0 aliphatic carbocycles. The van der Waals surface area contributed by atoms with Crippen molar-refractivity contribution in [1.29, 1.82) is 0 Å². The molecule has 0 aromatic rings. The molecule has 2 rings (SSSR count). The Morgan fingerprint density at radius 1 is 1.41 bits per heavy atom. The Labute approximate surface area is 108 Å². The number of carbonyl (C=O) groups excluding carboxylic acids is 2. The van der Waals surface area contributed by atoms with Crippen LogP contribution in [0.4, 0.5) is 0 Å². The van der Waals surface area contributed by atoms with E-state index < -0.39 is 0 Å². The third-order valence-electron chi connectivity index (χ3n) is 3.64. The number of hydrogen-bond acceptors (Lipinski definition) is 3. The second-order valence-electron chi connectivity index (χ2n) is 4.72. The lowest BCUT2D eigenvalue weighted by atomic mass is 10.0. The monoisotopic (exact) mass is 261 g/mol. The van der Waals surface area contributed by atoms with Crippen LogP contribution in [0.25, 0.3) is 0 Å². The van der Waals surface area contributed by atoms with Crippen molar-refractivity contribution in [3.8, 4) is 0 Å². The van der Waals surface area contributed by atoms with E-state index in [0.29, 0.717) is 19.0 Å². The van der Waals surface area contributed by atoms with Crippen molar-refractivity contribution in [2.24, 2.45) is 5.92 Å². The van der Waals surface area contributed by atoms with Crippen LogP contribution in [-0.4, -0.2) is 48.4 Å². The SMILES string of the molecule is CC1NCCN(C(=O)C2CNC(=O)C2)C1C.Cl. The van der Waals surface area contributed by atoms with E-state index in [0.717, 1.165) is 13.1 Å². The molecule has 5 nitrogen and oxygen atoms in total. The van der Waals surface area contributed by atoms with Crippen LogP contribution in [-0.2, 0) is 9.59 Å². The van der Waals surface area contributed by atoms with Gasteiger partial charge in [0.05, 0.1) is 5.92 Å². The molecule has 0 aromatic heterocycles. The predicted molar refractivity (Wildman–Crippen MR) is 67.0 cm³/mol. The Balaban J connectivity index is 0.00000144. The van der Waals surface area contributed by atoms with Crippen molar-refractivity contribution < 1.29 is 9.59 Å². The van der Waals surface area contributed by atoms with E-state index >= 15 is 0 Å². The minimum Gasteiger partial charge on any atom is -0.355 e. The summed E-state index contributed by atoms with van der Waals surface area (Å²) >= 11 is 0. The Morgan fingerprint density at radius 3 is 2.71 bits per heavy atom. The zero-order valence-electron chi connectivity index (χ0n) is 10.2. The Hall–Kier alpha value is -0.810. The number of piperazine rings is 1. The first-order chi connectivity index (χ1) is 7.59. The first-order valence-electron chi connectivity index (χ1n) is 5.90. The van der Waals surface area contributed by atoms with Crippen molar-refractivity contribution in [2.45, 2.75) is 32.4 Å². The summed E-state index contributed by atoms with van der Waals surface area (Å²) in [6.07, 6.45) is 0.351. The molecule has 2 fully saturated rings. The third-order valence-corrected chi connectivity index (χ3v) is 3.64. The van der Waals surface area contributed by atoms with E-state index in [9.17, 15) is 9.59 Å². The van der Waals surface area contributed by atoms with Gasteiger partial charge in [-0.15, -0.1) is 12.4 Å². The summed E-state index contributed by atoms with van der Waals surface area (Å²) in [5.74, 6) is -0.0337. The largest absolute Gasteiger partial charge is 0.355 e. The zero-order valence-corrected chi connectivity index (χ0v) is 11.0. The van der Waals surface area contributed by atoms with Crippen LogP contribution < -0.4 is 10.6 Å². The fourth-order valence-electron chi connectivity index (χ4n) is 2.38. The number of rotatable bonds is 1. The molecular weight excluding hydrogens is 242 g/mol. The molecule has 6 heteroatoms. The summed E-state index contributed by atoms with van der Waals surface area (Å²) in [5, 5.41) is 6.05. The molecule has 0 saturated carbocycles. The average Bonchev–Trinajstić information content (AvgIpc) is 2.68. The van der Waals surface area contributed by atoms with Crippen molar-refractivity contribution in [3.05, 3.63) is 0 Å². The van der Waals surface area contributed by atoms with Gasteiger partial charge in [0, 0.05) is 38.1 Å². The van der Waals surface area contributed by atoms with Crippen molar-refractivity contribution >= 4 is 24.2 Å². The molecule has 0 spiro atoms. The highest BCUT2D eigenvalue weighted by Crippen LogP contribution is 2.17. The smallest absolute Gasteiger partial charge is 0.228 e. The van der Waals surface area contributed by atoms with Crippen LogP contribution in [0.15, 0.2) is 0 Å². The van der Waals surface area contributed by atoms with Crippen molar-refractivity contribution in [2.75, 3.05) is 19.6 Å². The molecule has 2 N–H and O–H groups in total. The maximum absolute atomic E-state index is 12.2. The molecule has 0 bridgehead atoms. The standard InChI is InChI=1S/C11H19N3O2.ClH/c1-7-8(2)14(4-3-12-7)11(16)9-5-10(15)13-6-9;/h7-9,12H,3-6H2,1-2H3,(H,13,15);1H. The number of halogens is 1. The summed E-state index contributed by atoms with van der Waals surface area (Å²) < 4.78 is 0. The van der Waals surface area contributed by atoms with E-state index in [-0.39, 0.29) is 36.2 Å². The summed E-state index contributed by atoms with van der Waals surface area (Å²) in [4.78, 5) is 25.2. The van der Waals surface area contributed by atoms with Crippen LogP contribution in [0.3, 0.4) is 0 Å². The minimum atomic E-state index is -0.153. The molecule has 3 unspecified atom stereocenters. The first kappa shape index (κ1) is 14.3. The minimum absolute atomic E-state index is 0. The lowest BCUT2D eigenvalue weighted by Crippen LogP contribution is -2.58. The fourth-order valence-corrected chi connectivity index (χ4v) is 2.38. The van der Waals surface area contributed by atoms with Crippen LogP contribution in [0, 0.1) is 5.92 Å². The second kappa shape index (κ2) is 5.69. The Bertz CT molecular complexity index is 311. The van der Waals surface area contributed by atoms with Gasteiger partial charge in [-0.1, -0.05) is 0 Å². The van der Waals surface area contributed by atoms with E-state index in [1.807, 2.05) is 4.90 Å². The Kier molecular flexibility index (Phi) is 4.77. The molecule has 2 amide bonds. The van der Waals surface area contributed by atoms with Gasteiger partial charge >= 0.3 is 0 Å². The van der Waals surface area contributed by atoms with Crippen LogP contribution in [0.1, 0.15) is 20.3 Å². The molecular formula is C11H20ClN3O2. The second-order valence-corrected chi connectivity index (χ2v) is 4.72. The van der Waals surface area contributed by atoms with E-state index in [2.05, 4.69) is 24.5 Å². The summed E-state index contributed by atoms with van der Waals surface area (Å²) in [5.41, 5.74) is 0. The highest BCUT2D eigenvalue weighted by molar-refractivity contribution is 5.89. The maximum atomic E-state index is 12.2. The normalized spacial score (nSPS) is 32.9. The summed E-state index contributed by atoms with van der Waals surface area (Å²) in [6, 6.07) is 0.528. The van der Waals surface area contributed by atoms with Crippen molar-refractivity contribution in [1.82, 2.24) is 15.5 Å². The molecule has 2 aliphatic rings. The highest BCUT2D eigenvalue weighted by Gasteiger charge is 2.35. The number of carbonyl (C=O) groups is 2. The molecule has 3 atom stereocenters. The number of nitrogens with zero attached hydrogens (tertiary/aromatic N) is 1. The van der Waals surface area contributed by atoms with Gasteiger partial charge in [0.25, 0.3) is 0 Å². The predicted octanol–water partition coefficient (Wildman–Crippen LogP) is -0.247. The lowest BCUT2D eigenvalue weighted by molar-refractivity contribution is -0.139. The van der Waals surface area contributed by atoms with Gasteiger partial charge in [0.1, 0.15) is 0 Å². The zero-order chi connectivity index (χ0) is 11.7. The lowest BCUT2D eigenvalue weighted by Gasteiger charge is -2.39. The average molecular weight is 262 g/mol. The topological polar surface area (TPSA) is 61.4 Å². The van der Waals surface area contributed by atoms with Gasteiger partial charge in [0.15, 0.2) is 0 Å². The molecule has 2 saturated heterocycles. The number of amides is 2. The molecule has 98 valence electrons. The maximum Gasteiger partial charge on any atom is 0.228 e. The molecule has 17 heavy (non-hydrogen) atoms. The number of nitrogens with one attached hydrogen (secondary N) is 2. The van der Waals surface area contributed by atoms with Gasteiger partial charge in [-0.25, -0.2) is 0 Å². The summed E-state index contributed by atoms with van der Waals surface area (Å²) in [6.45, 7) is 6.23. The van der Waals surface area contributed by atoms with Gasteiger partial charge < -0.3 is 15.5 Å². The van der Waals surface area contributed by atoms with Gasteiger partial charge in [0.2, 0.25) is 11.8 Å². The molecule has 2 heterocycles. The fraction of sp³-hybridized carbons (Fsp3) is 0.818. The molecule has 0 radical (unpaired) electrons. The van der Waals surface area contributed by atoms with Crippen LogP contribution in [0.5, 0.6) is 0 Å². The van der Waals surface area contributed by atoms with Crippen LogP contribution >= 0.6 is 12.4 Å². The van der Waals surface area contributed by atoms with E-state index in [1.165, 1.54) is 0 Å². The van der Waals surface area contributed by atoms with Gasteiger partial charge in [-0.05, 0) is 13.8 Å². The summed E-state index contributed by atoms with van der Waals surface area (Å²) in [7, 11) is 0. The number of hydrogen-bond donors (Lipinski definition) is 2.